The van der Waals surface area contributed by atoms with Crippen LogP contribution in [0.5, 0.6) is 0 Å². The van der Waals surface area contributed by atoms with Crippen LogP contribution < -0.4 is 0 Å². The molecule has 0 radical (unpaired) electrons. The van der Waals surface area contributed by atoms with E-state index >= 15 is 0 Å². The monoisotopic (exact) mass is 256 g/mol. The summed E-state index contributed by atoms with van der Waals surface area (Å²) in [5, 5.41) is 17.1. The van der Waals surface area contributed by atoms with E-state index in [1.807, 2.05) is 0 Å². The zero-order valence-corrected chi connectivity index (χ0v) is 9.04. The number of aromatic nitrogens is 1. The highest BCUT2D eigenvalue weighted by Gasteiger charge is 2.23. The molecule has 2 N–H and O–H groups in total. The summed E-state index contributed by atoms with van der Waals surface area (Å²) in [6.07, 6.45) is 1.93. The first-order valence-corrected chi connectivity index (χ1v) is 4.74. The van der Waals surface area contributed by atoms with Gasteiger partial charge < -0.3 is 15.1 Å². The molecule has 1 heterocycles. The van der Waals surface area contributed by atoms with E-state index in [0.29, 0.717) is 4.90 Å². The molecule has 0 bridgehead atoms. The van der Waals surface area contributed by atoms with Gasteiger partial charge in [-0.15, -0.1) is 0 Å². The van der Waals surface area contributed by atoms with E-state index in [1.54, 1.807) is 0 Å². The molecule has 0 fully saturated rings. The van der Waals surface area contributed by atoms with Gasteiger partial charge in [0.2, 0.25) is 0 Å². The molecule has 1 aromatic heterocycles. The minimum absolute atomic E-state index is 0.424. The summed E-state index contributed by atoms with van der Waals surface area (Å²) >= 11 is 0. The Bertz CT molecular complexity index is 475. The molecule has 0 atom stereocenters. The van der Waals surface area contributed by atoms with Crippen molar-refractivity contribution in [2.75, 3.05) is 13.1 Å². The van der Waals surface area contributed by atoms with Crippen LogP contribution in [0.4, 0.5) is 4.39 Å². The molecule has 1 rings (SSSR count). The number of nitrogens with zero attached hydrogens (tertiary/aromatic N) is 2. The number of rotatable bonds is 5. The summed E-state index contributed by atoms with van der Waals surface area (Å²) in [6, 6.07) is 1.05. The molecule has 0 saturated carbocycles. The Hall–Kier alpha value is -2.51. The maximum Gasteiger partial charge on any atom is 0.323 e. The molecule has 7 nitrogen and oxygen atoms in total. The number of carbonyl (C=O) groups is 3. The maximum atomic E-state index is 13.3. The first-order valence-electron chi connectivity index (χ1n) is 4.74. The van der Waals surface area contributed by atoms with Gasteiger partial charge in [0.1, 0.15) is 13.1 Å². The van der Waals surface area contributed by atoms with Crippen LogP contribution in [0.3, 0.4) is 0 Å². The van der Waals surface area contributed by atoms with Crippen molar-refractivity contribution in [2.45, 2.75) is 0 Å². The van der Waals surface area contributed by atoms with Gasteiger partial charge in [0, 0.05) is 6.20 Å². The highest BCUT2D eigenvalue weighted by atomic mass is 19.1. The lowest BCUT2D eigenvalue weighted by atomic mass is 10.2. The normalized spacial score (nSPS) is 9.83. The molecule has 8 heteroatoms. The molecule has 0 saturated heterocycles. The lowest BCUT2D eigenvalue weighted by Crippen LogP contribution is -2.39. The van der Waals surface area contributed by atoms with Gasteiger partial charge in [-0.2, -0.15) is 0 Å². The van der Waals surface area contributed by atoms with Crippen LogP contribution >= 0.6 is 0 Å². The standard InChI is InChI=1S/C10H9FN2O5/c11-7-3-12-2-1-6(7)10(18)13(4-8(14)15)5-9(16)17/h1-3H,4-5H2,(H,14,15)(H,16,17). The van der Waals surface area contributed by atoms with Crippen LogP contribution in [0.25, 0.3) is 0 Å². The Morgan fingerprint density at radius 2 is 1.78 bits per heavy atom. The molecule has 0 aromatic carbocycles. The average molecular weight is 256 g/mol. The summed E-state index contributed by atoms with van der Waals surface area (Å²) in [4.78, 5) is 36.8. The van der Waals surface area contributed by atoms with Crippen LogP contribution in [-0.4, -0.2) is 51.0 Å². The number of carboxylic acid groups (broad SMARTS) is 2. The molecule has 1 amide bonds. The van der Waals surface area contributed by atoms with Gasteiger partial charge in [0.25, 0.3) is 5.91 Å². The lowest BCUT2D eigenvalue weighted by molar-refractivity contribution is -0.140. The summed E-state index contributed by atoms with van der Waals surface area (Å²) in [7, 11) is 0. The molecular formula is C10H9FN2O5. The van der Waals surface area contributed by atoms with Crippen molar-refractivity contribution in [1.82, 2.24) is 9.88 Å². The van der Waals surface area contributed by atoms with Crippen molar-refractivity contribution < 1.29 is 29.0 Å². The number of hydrogen-bond acceptors (Lipinski definition) is 4. The number of halogens is 1. The third-order valence-electron chi connectivity index (χ3n) is 1.94. The van der Waals surface area contributed by atoms with E-state index in [2.05, 4.69) is 4.98 Å². The van der Waals surface area contributed by atoms with E-state index in [1.165, 1.54) is 0 Å². The van der Waals surface area contributed by atoms with Crippen molar-refractivity contribution >= 4 is 17.8 Å². The first-order chi connectivity index (χ1) is 8.41. The molecule has 0 aliphatic carbocycles. The number of aliphatic carboxylic acids is 2. The highest BCUT2D eigenvalue weighted by Crippen LogP contribution is 2.08. The maximum absolute atomic E-state index is 13.3. The highest BCUT2D eigenvalue weighted by molar-refractivity contribution is 5.97. The van der Waals surface area contributed by atoms with Crippen molar-refractivity contribution in [3.05, 3.63) is 29.8 Å². The minimum Gasteiger partial charge on any atom is -0.480 e. The Labute approximate surface area is 100 Å². The van der Waals surface area contributed by atoms with E-state index < -0.39 is 42.3 Å². The third-order valence-corrected chi connectivity index (χ3v) is 1.94. The van der Waals surface area contributed by atoms with Crippen molar-refractivity contribution in [3.63, 3.8) is 0 Å². The van der Waals surface area contributed by atoms with Gasteiger partial charge in [-0.3, -0.25) is 19.4 Å². The number of hydrogen-bond donors (Lipinski definition) is 2. The van der Waals surface area contributed by atoms with Crippen molar-refractivity contribution in [3.8, 4) is 0 Å². The number of carbonyl (C=O) groups excluding carboxylic acids is 1. The Balaban J connectivity index is 2.98. The summed E-state index contributed by atoms with van der Waals surface area (Å²) in [5.41, 5.74) is -0.424. The summed E-state index contributed by atoms with van der Waals surface area (Å²) in [6.45, 7) is -1.65. The Morgan fingerprint density at radius 3 is 2.22 bits per heavy atom. The molecule has 18 heavy (non-hydrogen) atoms. The average Bonchev–Trinajstić information content (AvgIpc) is 2.26. The Kier molecular flexibility index (Phi) is 4.30. The van der Waals surface area contributed by atoms with Crippen LogP contribution in [-0.2, 0) is 9.59 Å². The number of pyridine rings is 1. The van der Waals surface area contributed by atoms with Gasteiger partial charge in [-0.25, -0.2) is 4.39 Å². The summed E-state index contributed by atoms with van der Waals surface area (Å²) in [5.74, 6) is -4.74. The predicted molar refractivity (Wildman–Crippen MR) is 55.4 cm³/mol. The molecule has 96 valence electrons. The van der Waals surface area contributed by atoms with Gasteiger partial charge in [-0.05, 0) is 6.07 Å². The second-order valence-corrected chi connectivity index (χ2v) is 3.30. The van der Waals surface area contributed by atoms with Gasteiger partial charge in [0.05, 0.1) is 11.8 Å². The topological polar surface area (TPSA) is 108 Å². The van der Waals surface area contributed by atoms with Gasteiger partial charge in [-0.1, -0.05) is 0 Å². The molecule has 0 spiro atoms. The quantitative estimate of drug-likeness (QED) is 0.757. The minimum atomic E-state index is -1.39. The third kappa shape index (κ3) is 3.51. The van der Waals surface area contributed by atoms with Gasteiger partial charge in [0.15, 0.2) is 5.82 Å². The van der Waals surface area contributed by atoms with Crippen LogP contribution in [0, 0.1) is 5.82 Å². The van der Waals surface area contributed by atoms with E-state index in [9.17, 15) is 18.8 Å². The molecule has 0 unspecified atom stereocenters. The number of amides is 1. The molecule has 0 aliphatic heterocycles. The van der Waals surface area contributed by atoms with Crippen molar-refractivity contribution in [1.29, 1.82) is 0 Å². The van der Waals surface area contributed by atoms with Crippen LogP contribution in [0.15, 0.2) is 18.5 Å². The molecule has 0 aliphatic rings. The predicted octanol–water partition coefficient (Wildman–Crippen LogP) is -0.168. The van der Waals surface area contributed by atoms with Gasteiger partial charge >= 0.3 is 11.9 Å². The smallest absolute Gasteiger partial charge is 0.323 e. The zero-order chi connectivity index (χ0) is 13.7. The second kappa shape index (κ2) is 5.71. The fourth-order valence-corrected chi connectivity index (χ4v) is 1.25. The molecular weight excluding hydrogens is 247 g/mol. The number of carboxylic acids is 2. The zero-order valence-electron chi connectivity index (χ0n) is 9.04. The Morgan fingerprint density at radius 1 is 1.22 bits per heavy atom. The van der Waals surface area contributed by atoms with Crippen LogP contribution in [0.1, 0.15) is 10.4 Å². The summed E-state index contributed by atoms with van der Waals surface area (Å²) < 4.78 is 13.3. The van der Waals surface area contributed by atoms with E-state index in [4.69, 9.17) is 10.2 Å². The SMILES string of the molecule is O=C(O)CN(CC(=O)O)C(=O)c1ccncc1F. The largest absolute Gasteiger partial charge is 0.480 e. The van der Waals surface area contributed by atoms with Crippen LogP contribution in [0.2, 0.25) is 0 Å². The van der Waals surface area contributed by atoms with E-state index in [0.717, 1.165) is 18.5 Å². The lowest BCUT2D eigenvalue weighted by Gasteiger charge is -2.18. The molecule has 1 aromatic rings. The fourth-order valence-electron chi connectivity index (χ4n) is 1.25. The fraction of sp³-hybridized carbons (Fsp3) is 0.200. The van der Waals surface area contributed by atoms with E-state index in [-0.39, 0.29) is 0 Å². The van der Waals surface area contributed by atoms with Crippen molar-refractivity contribution in [2.24, 2.45) is 0 Å². The second-order valence-electron chi connectivity index (χ2n) is 3.30. The first kappa shape index (κ1) is 13.6.